The van der Waals surface area contributed by atoms with Gasteiger partial charge in [-0.15, -0.1) is 12.4 Å². The summed E-state index contributed by atoms with van der Waals surface area (Å²) < 4.78 is 0. The normalized spacial score (nSPS) is 19.2. The summed E-state index contributed by atoms with van der Waals surface area (Å²) >= 11 is 0. The first-order valence-corrected chi connectivity index (χ1v) is 8.79. The standard InChI is InChI=1S/C11H17N3O.C6H12N2O.ClH/c1-8(2)9-7-10(13-12-9)11(15)14-5-3-4-6-14;1-7-6(9)5-2-3-8-4-5;/h7-8H,3-6H2,1-2H3,(H,12,13);5,8H,2-4H2,1H3,(H,7,9);1H. The third kappa shape index (κ3) is 6.01. The van der Waals surface area contributed by atoms with Gasteiger partial charge in [0.05, 0.1) is 5.92 Å². The number of nitrogens with one attached hydrogen (secondary N) is 3. The van der Waals surface area contributed by atoms with Crippen LogP contribution in [0.3, 0.4) is 0 Å². The van der Waals surface area contributed by atoms with Gasteiger partial charge in [-0.3, -0.25) is 14.7 Å². The van der Waals surface area contributed by atoms with Crippen LogP contribution in [0.2, 0.25) is 0 Å². The van der Waals surface area contributed by atoms with Crippen LogP contribution in [0.5, 0.6) is 0 Å². The van der Waals surface area contributed by atoms with Gasteiger partial charge in [0.1, 0.15) is 5.69 Å². The molecule has 1 unspecified atom stereocenters. The van der Waals surface area contributed by atoms with Crippen molar-refractivity contribution in [2.24, 2.45) is 5.92 Å². The molecule has 0 radical (unpaired) electrons. The van der Waals surface area contributed by atoms with Gasteiger partial charge < -0.3 is 15.5 Å². The van der Waals surface area contributed by atoms with E-state index in [1.54, 1.807) is 7.05 Å². The summed E-state index contributed by atoms with van der Waals surface area (Å²) in [5.41, 5.74) is 1.58. The van der Waals surface area contributed by atoms with Crippen molar-refractivity contribution in [3.8, 4) is 0 Å². The van der Waals surface area contributed by atoms with Crippen LogP contribution in [0.1, 0.15) is 55.2 Å². The highest BCUT2D eigenvalue weighted by molar-refractivity contribution is 5.92. The average Bonchev–Trinajstić information content (AvgIpc) is 3.36. The fourth-order valence-corrected chi connectivity index (χ4v) is 2.91. The average molecular weight is 372 g/mol. The van der Waals surface area contributed by atoms with Crippen molar-refractivity contribution < 1.29 is 9.59 Å². The molecule has 3 N–H and O–H groups in total. The number of halogens is 1. The zero-order valence-corrected chi connectivity index (χ0v) is 16.1. The van der Waals surface area contributed by atoms with Crippen LogP contribution >= 0.6 is 12.4 Å². The van der Waals surface area contributed by atoms with Gasteiger partial charge in [-0.1, -0.05) is 13.8 Å². The molecule has 3 heterocycles. The predicted octanol–water partition coefficient (Wildman–Crippen LogP) is 1.53. The minimum atomic E-state index is 0. The maximum atomic E-state index is 11.9. The molecular formula is C17H30ClN5O2. The second kappa shape index (κ2) is 10.4. The van der Waals surface area contributed by atoms with Crippen LogP contribution < -0.4 is 10.6 Å². The molecule has 0 aromatic carbocycles. The van der Waals surface area contributed by atoms with E-state index in [1.807, 2.05) is 11.0 Å². The van der Waals surface area contributed by atoms with Gasteiger partial charge in [-0.05, 0) is 37.8 Å². The minimum Gasteiger partial charge on any atom is -0.359 e. The number of amides is 2. The van der Waals surface area contributed by atoms with Crippen molar-refractivity contribution in [2.75, 3.05) is 33.2 Å². The predicted molar refractivity (Wildman–Crippen MR) is 100 cm³/mol. The Kier molecular flexibility index (Phi) is 8.92. The zero-order chi connectivity index (χ0) is 17.5. The molecule has 0 bridgehead atoms. The summed E-state index contributed by atoms with van der Waals surface area (Å²) in [5, 5.41) is 12.7. The van der Waals surface area contributed by atoms with Crippen LogP contribution in [0.4, 0.5) is 0 Å². The molecule has 1 aromatic heterocycles. The van der Waals surface area contributed by atoms with Gasteiger partial charge in [0.2, 0.25) is 5.91 Å². The number of likely N-dealkylation sites (tertiary alicyclic amines) is 1. The molecule has 0 spiro atoms. The monoisotopic (exact) mass is 371 g/mol. The number of aromatic amines is 1. The largest absolute Gasteiger partial charge is 0.359 e. The van der Waals surface area contributed by atoms with Crippen molar-refractivity contribution in [1.82, 2.24) is 25.7 Å². The quantitative estimate of drug-likeness (QED) is 0.751. The lowest BCUT2D eigenvalue weighted by Crippen LogP contribution is -2.28. The number of H-pyrrole nitrogens is 1. The Labute approximate surface area is 155 Å². The Morgan fingerprint density at radius 1 is 1.32 bits per heavy atom. The van der Waals surface area contributed by atoms with Crippen molar-refractivity contribution in [3.63, 3.8) is 0 Å². The number of aromatic nitrogens is 2. The highest BCUT2D eigenvalue weighted by Gasteiger charge is 2.22. The van der Waals surface area contributed by atoms with Crippen molar-refractivity contribution in [2.45, 2.75) is 39.0 Å². The van der Waals surface area contributed by atoms with Gasteiger partial charge >= 0.3 is 0 Å². The molecule has 2 aliphatic rings. The summed E-state index contributed by atoms with van der Waals surface area (Å²) in [6.45, 7) is 7.75. The highest BCUT2D eigenvalue weighted by Crippen LogP contribution is 2.15. The fourth-order valence-electron chi connectivity index (χ4n) is 2.91. The van der Waals surface area contributed by atoms with Crippen LogP contribution in [0.15, 0.2) is 6.07 Å². The molecule has 1 aromatic rings. The lowest BCUT2D eigenvalue weighted by atomic mass is 10.1. The SMILES string of the molecule is CC(C)c1cc(C(=O)N2CCCC2)n[nH]1.CNC(=O)C1CCNC1.Cl. The first-order valence-electron chi connectivity index (χ1n) is 8.79. The molecule has 3 rings (SSSR count). The molecular weight excluding hydrogens is 342 g/mol. The molecule has 1 atom stereocenters. The second-order valence-corrected chi connectivity index (χ2v) is 6.67. The second-order valence-electron chi connectivity index (χ2n) is 6.67. The smallest absolute Gasteiger partial charge is 0.274 e. The van der Waals surface area contributed by atoms with Crippen molar-refractivity contribution in [1.29, 1.82) is 0 Å². The van der Waals surface area contributed by atoms with Gasteiger partial charge in [0.25, 0.3) is 5.91 Å². The van der Waals surface area contributed by atoms with E-state index in [0.29, 0.717) is 11.6 Å². The zero-order valence-electron chi connectivity index (χ0n) is 15.3. The van der Waals surface area contributed by atoms with Crippen LogP contribution in [-0.2, 0) is 4.79 Å². The van der Waals surface area contributed by atoms with E-state index in [9.17, 15) is 9.59 Å². The Morgan fingerprint density at radius 2 is 2.00 bits per heavy atom. The molecule has 142 valence electrons. The number of carbonyl (C=O) groups excluding carboxylic acids is 2. The molecule has 2 aliphatic heterocycles. The van der Waals surface area contributed by atoms with Crippen LogP contribution in [0, 0.1) is 5.92 Å². The number of carbonyl (C=O) groups is 2. The number of hydrogen-bond acceptors (Lipinski definition) is 4. The molecule has 7 nitrogen and oxygen atoms in total. The van der Waals surface area contributed by atoms with Crippen LogP contribution in [0.25, 0.3) is 0 Å². The first-order chi connectivity index (χ1) is 11.5. The van der Waals surface area contributed by atoms with E-state index >= 15 is 0 Å². The molecule has 2 saturated heterocycles. The third-order valence-electron chi connectivity index (χ3n) is 4.51. The van der Waals surface area contributed by atoms with Gasteiger partial charge in [0, 0.05) is 32.4 Å². The number of nitrogens with zero attached hydrogens (tertiary/aromatic N) is 2. The Bertz CT molecular complexity index is 549. The third-order valence-corrected chi connectivity index (χ3v) is 4.51. The molecule has 8 heteroatoms. The van der Waals surface area contributed by atoms with E-state index in [-0.39, 0.29) is 30.1 Å². The topological polar surface area (TPSA) is 90.1 Å². The van der Waals surface area contributed by atoms with Gasteiger partial charge in [-0.25, -0.2) is 0 Å². The summed E-state index contributed by atoms with van der Waals surface area (Å²) in [6.07, 6.45) is 3.22. The Hall–Kier alpha value is -1.60. The summed E-state index contributed by atoms with van der Waals surface area (Å²) in [5.74, 6) is 0.836. The van der Waals surface area contributed by atoms with E-state index in [2.05, 4.69) is 34.7 Å². The molecule has 2 amide bonds. The fraction of sp³-hybridized carbons (Fsp3) is 0.706. The summed E-state index contributed by atoms with van der Waals surface area (Å²) in [4.78, 5) is 24.7. The molecule has 2 fully saturated rings. The van der Waals surface area contributed by atoms with Crippen molar-refractivity contribution >= 4 is 24.2 Å². The molecule has 0 aliphatic carbocycles. The van der Waals surface area contributed by atoms with E-state index in [1.165, 1.54) is 0 Å². The Balaban J connectivity index is 0.000000270. The summed E-state index contributed by atoms with van der Waals surface area (Å²) in [6, 6.07) is 1.87. The Morgan fingerprint density at radius 3 is 2.48 bits per heavy atom. The van der Waals surface area contributed by atoms with Gasteiger partial charge in [0.15, 0.2) is 0 Å². The minimum absolute atomic E-state index is 0. The van der Waals surface area contributed by atoms with Crippen LogP contribution in [-0.4, -0.2) is 60.1 Å². The van der Waals surface area contributed by atoms with Gasteiger partial charge in [-0.2, -0.15) is 5.10 Å². The maximum Gasteiger partial charge on any atom is 0.274 e. The molecule has 25 heavy (non-hydrogen) atoms. The molecule has 0 saturated carbocycles. The lowest BCUT2D eigenvalue weighted by Gasteiger charge is -2.12. The number of hydrogen-bond donors (Lipinski definition) is 3. The lowest BCUT2D eigenvalue weighted by molar-refractivity contribution is -0.123. The van der Waals surface area contributed by atoms with E-state index in [4.69, 9.17) is 0 Å². The van der Waals surface area contributed by atoms with Crippen molar-refractivity contribution in [3.05, 3.63) is 17.5 Å². The van der Waals surface area contributed by atoms with E-state index < -0.39 is 0 Å². The summed E-state index contributed by atoms with van der Waals surface area (Å²) in [7, 11) is 1.68. The first kappa shape index (κ1) is 21.4. The van der Waals surface area contributed by atoms with E-state index in [0.717, 1.165) is 51.1 Å². The maximum absolute atomic E-state index is 11.9. The highest BCUT2D eigenvalue weighted by atomic mass is 35.5. The number of rotatable bonds is 3.